The maximum absolute atomic E-state index is 12.7. The predicted molar refractivity (Wildman–Crippen MR) is 97.3 cm³/mol. The van der Waals surface area contributed by atoms with Gasteiger partial charge in [-0.2, -0.15) is 0 Å². The Morgan fingerprint density at radius 3 is 2.65 bits per heavy atom. The number of fused-ring (bicyclic) bond motifs is 1. The minimum absolute atomic E-state index is 0.0190. The van der Waals surface area contributed by atoms with Crippen LogP contribution in [0.15, 0.2) is 41.8 Å². The summed E-state index contributed by atoms with van der Waals surface area (Å²) in [6.07, 6.45) is 0. The standard InChI is InChI=1S/C19H22N2OS/c1-13-7-5-6-8-15(13)12-21-16(17(22)20-19(2,3)4)11-14-9-10-23-18(14)21/h5-11H,12H2,1-4H3,(H,20,22). The number of carbonyl (C=O) groups is 1. The molecule has 23 heavy (non-hydrogen) atoms. The third-order valence-electron chi connectivity index (χ3n) is 3.81. The molecule has 0 atom stereocenters. The van der Waals surface area contributed by atoms with Gasteiger partial charge in [-0.1, -0.05) is 24.3 Å². The maximum Gasteiger partial charge on any atom is 0.268 e. The fourth-order valence-electron chi connectivity index (χ4n) is 2.68. The molecule has 1 N–H and O–H groups in total. The minimum atomic E-state index is -0.248. The summed E-state index contributed by atoms with van der Waals surface area (Å²) in [5.41, 5.74) is 2.96. The molecule has 0 saturated heterocycles. The Balaban J connectivity index is 2.04. The van der Waals surface area contributed by atoms with Crippen molar-refractivity contribution in [3.05, 3.63) is 58.6 Å². The van der Waals surface area contributed by atoms with Crippen LogP contribution in [-0.4, -0.2) is 16.0 Å². The van der Waals surface area contributed by atoms with Crippen molar-refractivity contribution < 1.29 is 4.79 Å². The first-order valence-electron chi connectivity index (χ1n) is 7.79. The van der Waals surface area contributed by atoms with E-state index in [2.05, 4.69) is 40.4 Å². The van der Waals surface area contributed by atoms with Gasteiger partial charge in [0.1, 0.15) is 10.5 Å². The highest BCUT2D eigenvalue weighted by Crippen LogP contribution is 2.27. The third kappa shape index (κ3) is 3.32. The van der Waals surface area contributed by atoms with Crippen molar-refractivity contribution in [3.8, 4) is 0 Å². The van der Waals surface area contributed by atoms with Crippen molar-refractivity contribution in [2.45, 2.75) is 39.8 Å². The topological polar surface area (TPSA) is 34.0 Å². The first-order chi connectivity index (χ1) is 10.8. The van der Waals surface area contributed by atoms with Crippen LogP contribution in [0, 0.1) is 6.92 Å². The quantitative estimate of drug-likeness (QED) is 0.750. The highest BCUT2D eigenvalue weighted by molar-refractivity contribution is 7.16. The molecule has 2 heterocycles. The zero-order chi connectivity index (χ0) is 16.6. The summed E-state index contributed by atoms with van der Waals surface area (Å²) in [6, 6.07) is 12.4. The molecule has 0 radical (unpaired) electrons. The van der Waals surface area contributed by atoms with Crippen molar-refractivity contribution in [3.63, 3.8) is 0 Å². The zero-order valence-corrected chi connectivity index (χ0v) is 14.8. The van der Waals surface area contributed by atoms with Gasteiger partial charge in [-0.3, -0.25) is 4.79 Å². The normalized spacial score (nSPS) is 11.8. The monoisotopic (exact) mass is 326 g/mol. The molecule has 0 unspecified atom stereocenters. The Hall–Kier alpha value is -2.07. The lowest BCUT2D eigenvalue weighted by Gasteiger charge is -2.21. The Kier molecular flexibility index (Phi) is 4.02. The lowest BCUT2D eigenvalue weighted by Crippen LogP contribution is -2.41. The van der Waals surface area contributed by atoms with Gasteiger partial charge < -0.3 is 9.88 Å². The molecule has 0 spiro atoms. The van der Waals surface area contributed by atoms with Crippen LogP contribution in [0.1, 0.15) is 42.4 Å². The van der Waals surface area contributed by atoms with E-state index in [-0.39, 0.29) is 11.4 Å². The van der Waals surface area contributed by atoms with E-state index in [1.54, 1.807) is 11.3 Å². The van der Waals surface area contributed by atoms with Crippen molar-refractivity contribution >= 4 is 27.5 Å². The predicted octanol–water partition coefficient (Wildman–Crippen LogP) is 4.59. The minimum Gasteiger partial charge on any atom is -0.346 e. The number of carbonyl (C=O) groups excluding carboxylic acids is 1. The van der Waals surface area contributed by atoms with Gasteiger partial charge in [0.25, 0.3) is 5.91 Å². The summed E-state index contributed by atoms with van der Waals surface area (Å²) in [6.45, 7) is 8.83. The molecule has 0 aliphatic rings. The molecule has 0 aliphatic heterocycles. The second-order valence-electron chi connectivity index (χ2n) is 6.93. The first-order valence-corrected chi connectivity index (χ1v) is 8.67. The van der Waals surface area contributed by atoms with Gasteiger partial charge in [0, 0.05) is 17.5 Å². The number of amides is 1. The molecule has 0 aliphatic carbocycles. The van der Waals surface area contributed by atoms with E-state index < -0.39 is 0 Å². The molecule has 120 valence electrons. The summed E-state index contributed by atoms with van der Waals surface area (Å²) in [7, 11) is 0. The molecule has 0 saturated carbocycles. The summed E-state index contributed by atoms with van der Waals surface area (Å²) < 4.78 is 2.13. The fourth-order valence-corrected chi connectivity index (χ4v) is 3.58. The number of nitrogens with one attached hydrogen (secondary N) is 1. The number of aryl methyl sites for hydroxylation is 1. The number of aromatic nitrogens is 1. The first kappa shape index (κ1) is 15.8. The zero-order valence-electron chi connectivity index (χ0n) is 14.0. The van der Waals surface area contributed by atoms with E-state index in [9.17, 15) is 4.79 Å². The van der Waals surface area contributed by atoms with Gasteiger partial charge in [0.05, 0.1) is 0 Å². The lowest BCUT2D eigenvalue weighted by molar-refractivity contribution is 0.0911. The highest BCUT2D eigenvalue weighted by Gasteiger charge is 2.21. The van der Waals surface area contributed by atoms with Crippen molar-refractivity contribution in [1.82, 2.24) is 9.88 Å². The Bertz CT molecular complexity index is 852. The summed E-state index contributed by atoms with van der Waals surface area (Å²) >= 11 is 1.68. The molecule has 2 aromatic heterocycles. The number of hydrogen-bond donors (Lipinski definition) is 1. The molecular formula is C19H22N2OS. The van der Waals surface area contributed by atoms with E-state index in [1.165, 1.54) is 11.1 Å². The average molecular weight is 326 g/mol. The molecule has 0 fully saturated rings. The number of thiophene rings is 1. The molecule has 4 heteroatoms. The van der Waals surface area contributed by atoms with Crippen LogP contribution in [0.4, 0.5) is 0 Å². The van der Waals surface area contributed by atoms with E-state index in [0.29, 0.717) is 6.54 Å². The van der Waals surface area contributed by atoms with Crippen LogP contribution in [0.5, 0.6) is 0 Å². The van der Waals surface area contributed by atoms with Crippen molar-refractivity contribution in [1.29, 1.82) is 0 Å². The van der Waals surface area contributed by atoms with Gasteiger partial charge in [-0.15, -0.1) is 11.3 Å². The van der Waals surface area contributed by atoms with E-state index in [0.717, 1.165) is 15.9 Å². The molecule has 3 rings (SSSR count). The SMILES string of the molecule is Cc1ccccc1Cn1c(C(=O)NC(C)(C)C)cc2ccsc21. The molecule has 1 amide bonds. The van der Waals surface area contributed by atoms with Crippen LogP contribution < -0.4 is 5.32 Å². The third-order valence-corrected chi connectivity index (χ3v) is 4.76. The smallest absolute Gasteiger partial charge is 0.268 e. The molecule has 3 nitrogen and oxygen atoms in total. The van der Waals surface area contributed by atoms with Gasteiger partial charge in [-0.25, -0.2) is 0 Å². The van der Waals surface area contributed by atoms with E-state index in [4.69, 9.17) is 0 Å². The van der Waals surface area contributed by atoms with Gasteiger partial charge in [0.2, 0.25) is 0 Å². The summed E-state index contributed by atoms with van der Waals surface area (Å²) in [5, 5.41) is 6.27. The number of benzene rings is 1. The fraction of sp³-hybridized carbons (Fsp3) is 0.316. The van der Waals surface area contributed by atoms with Gasteiger partial charge >= 0.3 is 0 Å². The maximum atomic E-state index is 12.7. The van der Waals surface area contributed by atoms with Crippen LogP contribution >= 0.6 is 11.3 Å². The lowest BCUT2D eigenvalue weighted by atomic mass is 10.1. The van der Waals surface area contributed by atoms with Gasteiger partial charge in [0.15, 0.2) is 0 Å². The van der Waals surface area contributed by atoms with Gasteiger partial charge in [-0.05, 0) is 56.3 Å². The number of rotatable bonds is 3. The van der Waals surface area contributed by atoms with Crippen LogP contribution in [0.25, 0.3) is 10.2 Å². The second-order valence-corrected chi connectivity index (χ2v) is 7.82. The molecular weight excluding hydrogens is 304 g/mol. The highest BCUT2D eigenvalue weighted by atomic mass is 32.1. The summed E-state index contributed by atoms with van der Waals surface area (Å²) in [5.74, 6) is -0.0190. The van der Waals surface area contributed by atoms with Crippen molar-refractivity contribution in [2.24, 2.45) is 0 Å². The van der Waals surface area contributed by atoms with Crippen LogP contribution in [0.2, 0.25) is 0 Å². The number of nitrogens with zero attached hydrogens (tertiary/aromatic N) is 1. The Labute approximate surface area is 140 Å². The Morgan fingerprint density at radius 2 is 1.96 bits per heavy atom. The molecule has 3 aromatic rings. The summed E-state index contributed by atoms with van der Waals surface area (Å²) in [4.78, 5) is 13.8. The van der Waals surface area contributed by atoms with E-state index in [1.807, 2.05) is 39.0 Å². The van der Waals surface area contributed by atoms with Crippen LogP contribution in [0.3, 0.4) is 0 Å². The Morgan fingerprint density at radius 1 is 1.22 bits per heavy atom. The molecule has 1 aromatic carbocycles. The number of hydrogen-bond acceptors (Lipinski definition) is 2. The molecule has 0 bridgehead atoms. The van der Waals surface area contributed by atoms with E-state index >= 15 is 0 Å². The van der Waals surface area contributed by atoms with Crippen molar-refractivity contribution in [2.75, 3.05) is 0 Å². The average Bonchev–Trinajstić information content (AvgIpc) is 3.01. The van der Waals surface area contributed by atoms with Crippen LogP contribution in [-0.2, 0) is 6.54 Å². The largest absolute Gasteiger partial charge is 0.346 e. The second kappa shape index (κ2) is 5.85.